The number of carbonyl (C=O) groups is 2. The lowest BCUT2D eigenvalue weighted by Crippen LogP contribution is -2.32. The maximum absolute atomic E-state index is 13.6. The van der Waals surface area contributed by atoms with E-state index in [0.29, 0.717) is 22.7 Å². The molecule has 0 spiro atoms. The molecule has 31 heavy (non-hydrogen) atoms. The smallest absolute Gasteiger partial charge is 0.282 e. The van der Waals surface area contributed by atoms with E-state index in [2.05, 4.69) is 5.32 Å². The summed E-state index contributed by atoms with van der Waals surface area (Å²) in [6, 6.07) is 18.2. The van der Waals surface area contributed by atoms with E-state index < -0.39 is 17.6 Å². The van der Waals surface area contributed by atoms with Crippen molar-refractivity contribution in [2.45, 2.75) is 13.8 Å². The van der Waals surface area contributed by atoms with Gasteiger partial charge in [0.25, 0.3) is 11.8 Å². The molecular weight excluding hydrogens is 395 g/mol. The third-order valence-corrected chi connectivity index (χ3v) is 5.04. The minimum Gasteiger partial charge on any atom is -0.496 e. The molecule has 0 fully saturated rings. The average Bonchev–Trinajstić information content (AvgIpc) is 2.98. The van der Waals surface area contributed by atoms with E-state index in [0.717, 1.165) is 16.0 Å². The van der Waals surface area contributed by atoms with Crippen LogP contribution in [0.4, 0.5) is 15.8 Å². The number of hydrogen-bond acceptors (Lipinski definition) is 4. The van der Waals surface area contributed by atoms with Gasteiger partial charge in [0.15, 0.2) is 0 Å². The van der Waals surface area contributed by atoms with Gasteiger partial charge >= 0.3 is 0 Å². The highest BCUT2D eigenvalue weighted by atomic mass is 19.1. The molecule has 1 aliphatic rings. The first-order valence-electron chi connectivity index (χ1n) is 9.76. The lowest BCUT2D eigenvalue weighted by molar-refractivity contribution is -0.120. The molecule has 1 heterocycles. The topological polar surface area (TPSA) is 58.6 Å². The molecule has 1 N–H and O–H groups in total. The number of benzene rings is 3. The van der Waals surface area contributed by atoms with Gasteiger partial charge in [-0.15, -0.1) is 0 Å². The number of methoxy groups -OCH3 is 1. The largest absolute Gasteiger partial charge is 0.496 e. The summed E-state index contributed by atoms with van der Waals surface area (Å²) in [5.41, 5.74) is 3.68. The normalized spacial score (nSPS) is 13.7. The minimum absolute atomic E-state index is 0.111. The van der Waals surface area contributed by atoms with E-state index in [1.54, 1.807) is 36.4 Å². The number of hydrogen-bond donors (Lipinski definition) is 1. The molecule has 0 saturated heterocycles. The van der Waals surface area contributed by atoms with Gasteiger partial charge in [-0.25, -0.2) is 9.29 Å². The molecule has 0 unspecified atom stereocenters. The van der Waals surface area contributed by atoms with Gasteiger partial charge in [0.2, 0.25) is 0 Å². The second kappa shape index (κ2) is 8.07. The maximum atomic E-state index is 13.6. The molecule has 6 heteroatoms. The van der Waals surface area contributed by atoms with Gasteiger partial charge in [0, 0.05) is 11.3 Å². The first-order chi connectivity index (χ1) is 14.9. The van der Waals surface area contributed by atoms with Gasteiger partial charge < -0.3 is 10.1 Å². The van der Waals surface area contributed by atoms with E-state index >= 15 is 0 Å². The number of para-hydroxylation sites is 1. The number of carbonyl (C=O) groups excluding carboxylic acids is 2. The number of halogens is 1. The second-order valence-electron chi connectivity index (χ2n) is 7.37. The lowest BCUT2D eigenvalue weighted by Gasteiger charge is -2.17. The molecule has 0 saturated carbocycles. The Hall–Kier alpha value is -3.93. The summed E-state index contributed by atoms with van der Waals surface area (Å²) in [6.07, 6.45) is 0. The molecule has 0 aromatic heterocycles. The molecule has 5 nitrogen and oxygen atoms in total. The molecule has 156 valence electrons. The molecule has 0 radical (unpaired) electrons. The van der Waals surface area contributed by atoms with Crippen LogP contribution in [0.5, 0.6) is 5.75 Å². The fourth-order valence-electron chi connectivity index (χ4n) is 3.74. The predicted octanol–water partition coefficient (Wildman–Crippen LogP) is 4.85. The number of amides is 2. The molecule has 2 amide bonds. The Morgan fingerprint density at radius 2 is 1.52 bits per heavy atom. The van der Waals surface area contributed by atoms with E-state index in [4.69, 9.17) is 4.74 Å². The third kappa shape index (κ3) is 3.80. The summed E-state index contributed by atoms with van der Waals surface area (Å²) in [6.45, 7) is 3.82. The Morgan fingerprint density at radius 3 is 2.16 bits per heavy atom. The van der Waals surface area contributed by atoms with Crippen LogP contribution in [0.1, 0.15) is 16.7 Å². The predicted molar refractivity (Wildman–Crippen MR) is 118 cm³/mol. The highest BCUT2D eigenvalue weighted by molar-refractivity contribution is 6.46. The van der Waals surface area contributed by atoms with Gasteiger partial charge in [-0.1, -0.05) is 24.3 Å². The Kier molecular flexibility index (Phi) is 5.29. The monoisotopic (exact) mass is 416 g/mol. The molecular formula is C25H21FN2O3. The van der Waals surface area contributed by atoms with Gasteiger partial charge in [0.05, 0.1) is 18.4 Å². The van der Waals surface area contributed by atoms with Crippen LogP contribution in [-0.4, -0.2) is 18.9 Å². The summed E-state index contributed by atoms with van der Waals surface area (Å²) in [7, 11) is 1.51. The first kappa shape index (κ1) is 20.3. The number of imide groups is 1. The van der Waals surface area contributed by atoms with Crippen LogP contribution in [0.2, 0.25) is 0 Å². The van der Waals surface area contributed by atoms with Crippen molar-refractivity contribution in [3.05, 3.63) is 94.9 Å². The highest BCUT2D eigenvalue weighted by Gasteiger charge is 2.41. The Morgan fingerprint density at radius 1 is 0.871 bits per heavy atom. The van der Waals surface area contributed by atoms with Crippen molar-refractivity contribution in [3.8, 4) is 5.75 Å². The van der Waals surface area contributed by atoms with Crippen LogP contribution in [-0.2, 0) is 9.59 Å². The number of ether oxygens (including phenoxy) is 1. The lowest BCUT2D eigenvalue weighted by atomic mass is 10.0. The van der Waals surface area contributed by atoms with Crippen LogP contribution in [0.25, 0.3) is 5.57 Å². The quantitative estimate of drug-likeness (QED) is 0.604. The van der Waals surface area contributed by atoms with Crippen molar-refractivity contribution in [2.75, 3.05) is 17.3 Å². The average molecular weight is 416 g/mol. The van der Waals surface area contributed by atoms with Crippen LogP contribution in [0.15, 0.2) is 72.4 Å². The van der Waals surface area contributed by atoms with Crippen molar-refractivity contribution in [2.24, 2.45) is 0 Å². The number of aryl methyl sites for hydroxylation is 2. The van der Waals surface area contributed by atoms with Crippen molar-refractivity contribution >= 4 is 28.8 Å². The van der Waals surface area contributed by atoms with E-state index in [1.165, 1.54) is 31.4 Å². The summed E-state index contributed by atoms with van der Waals surface area (Å²) in [5, 5.41) is 3.02. The summed E-state index contributed by atoms with van der Waals surface area (Å²) in [5.74, 6) is -0.862. The molecule has 1 aliphatic heterocycles. The van der Waals surface area contributed by atoms with Crippen LogP contribution >= 0.6 is 0 Å². The van der Waals surface area contributed by atoms with Crippen LogP contribution < -0.4 is 15.0 Å². The number of anilines is 2. The molecule has 0 aliphatic carbocycles. The van der Waals surface area contributed by atoms with E-state index in [1.807, 2.05) is 19.9 Å². The highest BCUT2D eigenvalue weighted by Crippen LogP contribution is 2.37. The van der Waals surface area contributed by atoms with Crippen LogP contribution in [0, 0.1) is 19.7 Å². The zero-order valence-electron chi connectivity index (χ0n) is 17.4. The van der Waals surface area contributed by atoms with Crippen LogP contribution in [0.3, 0.4) is 0 Å². The van der Waals surface area contributed by atoms with E-state index in [-0.39, 0.29) is 11.3 Å². The van der Waals surface area contributed by atoms with Crippen molar-refractivity contribution in [3.63, 3.8) is 0 Å². The standard InChI is InChI=1S/C25H21FN2O3/c1-15-12-16(2)14-19(13-15)28-24(29)22(20-6-4-5-7-21(20)31-3)23(25(28)30)27-18-10-8-17(26)9-11-18/h4-14,27H,1-3H3. The fraction of sp³-hybridized carbons (Fsp3) is 0.120. The number of nitrogens with zero attached hydrogens (tertiary/aromatic N) is 1. The molecule has 0 atom stereocenters. The fourth-order valence-corrected chi connectivity index (χ4v) is 3.74. The third-order valence-electron chi connectivity index (χ3n) is 5.04. The zero-order valence-corrected chi connectivity index (χ0v) is 17.4. The molecule has 3 aromatic rings. The maximum Gasteiger partial charge on any atom is 0.282 e. The zero-order chi connectivity index (χ0) is 22.1. The van der Waals surface area contributed by atoms with Gasteiger partial charge in [0.1, 0.15) is 17.3 Å². The van der Waals surface area contributed by atoms with Gasteiger partial charge in [-0.2, -0.15) is 0 Å². The summed E-state index contributed by atoms with van der Waals surface area (Å²) < 4.78 is 18.8. The summed E-state index contributed by atoms with van der Waals surface area (Å²) >= 11 is 0. The number of rotatable bonds is 5. The Balaban J connectivity index is 1.87. The van der Waals surface area contributed by atoms with Crippen molar-refractivity contribution in [1.82, 2.24) is 0 Å². The van der Waals surface area contributed by atoms with Crippen molar-refractivity contribution < 1.29 is 18.7 Å². The Labute approximate surface area is 179 Å². The summed E-state index contributed by atoms with van der Waals surface area (Å²) in [4.78, 5) is 28.2. The minimum atomic E-state index is -0.486. The Bertz CT molecular complexity index is 1200. The van der Waals surface area contributed by atoms with Gasteiger partial charge in [-0.05, 0) is 67.4 Å². The SMILES string of the molecule is COc1ccccc1C1=C(Nc2ccc(F)cc2)C(=O)N(c2cc(C)cc(C)c2)C1=O. The second-order valence-corrected chi connectivity index (χ2v) is 7.37. The molecule has 4 rings (SSSR count). The van der Waals surface area contributed by atoms with E-state index in [9.17, 15) is 14.0 Å². The van der Waals surface area contributed by atoms with Gasteiger partial charge in [-0.3, -0.25) is 9.59 Å². The molecule has 3 aromatic carbocycles. The first-order valence-corrected chi connectivity index (χ1v) is 9.76. The van der Waals surface area contributed by atoms with Crippen molar-refractivity contribution in [1.29, 1.82) is 0 Å². The molecule has 0 bridgehead atoms. The number of nitrogens with one attached hydrogen (secondary N) is 1.